The number of nitrogens with one attached hydrogen (secondary N) is 2. The normalized spacial score (nSPS) is 12.6. The van der Waals surface area contributed by atoms with E-state index in [0.29, 0.717) is 0 Å². The second-order valence-electron chi connectivity index (χ2n) is 4.18. The number of amides is 2. The topological polar surface area (TPSA) is 54.0 Å². The molecule has 0 bridgehead atoms. The maximum atomic E-state index is 11.5. The highest BCUT2D eigenvalue weighted by atomic mass is 32.1. The number of aryl methyl sites for hydroxylation is 2. The largest absolute Gasteiger partial charge is 0.336 e. The van der Waals surface area contributed by atoms with Crippen LogP contribution in [-0.4, -0.2) is 17.1 Å². The molecule has 1 aromatic rings. The first-order valence-electron chi connectivity index (χ1n) is 5.41. The molecule has 4 nitrogen and oxygen atoms in total. The molecule has 90 valence electrons. The van der Waals surface area contributed by atoms with Gasteiger partial charge in [0.05, 0.1) is 16.7 Å². The third kappa shape index (κ3) is 3.48. The Hall–Kier alpha value is -1.10. The van der Waals surface area contributed by atoms with Gasteiger partial charge in [-0.15, -0.1) is 11.3 Å². The molecule has 1 atom stereocenters. The summed E-state index contributed by atoms with van der Waals surface area (Å²) in [6.07, 6.45) is 0. The van der Waals surface area contributed by atoms with Crippen LogP contribution < -0.4 is 10.6 Å². The van der Waals surface area contributed by atoms with E-state index in [2.05, 4.69) is 15.6 Å². The van der Waals surface area contributed by atoms with Crippen molar-refractivity contribution in [3.05, 3.63) is 15.6 Å². The molecule has 2 N–H and O–H groups in total. The number of nitrogens with zero attached hydrogens (tertiary/aromatic N) is 1. The molecule has 1 heterocycles. The summed E-state index contributed by atoms with van der Waals surface area (Å²) in [6.45, 7) is 9.79. The van der Waals surface area contributed by atoms with Crippen LogP contribution in [0, 0.1) is 13.8 Å². The summed E-state index contributed by atoms with van der Waals surface area (Å²) in [7, 11) is 0. The van der Waals surface area contributed by atoms with Gasteiger partial charge in [-0.2, -0.15) is 0 Å². The third-order valence-corrected chi connectivity index (χ3v) is 3.36. The average Bonchev–Trinajstić information content (AvgIpc) is 2.43. The van der Waals surface area contributed by atoms with Gasteiger partial charge in [0.2, 0.25) is 0 Å². The summed E-state index contributed by atoms with van der Waals surface area (Å²) in [4.78, 5) is 17.0. The second kappa shape index (κ2) is 5.30. The van der Waals surface area contributed by atoms with Gasteiger partial charge in [-0.05, 0) is 34.6 Å². The molecular formula is C11H19N3OS. The van der Waals surface area contributed by atoms with Gasteiger partial charge in [-0.25, -0.2) is 9.78 Å². The Morgan fingerprint density at radius 1 is 1.25 bits per heavy atom. The standard InChI is InChI=1S/C11H19N3OS/c1-6(2)12-11(15)14-8(4)10-7(3)13-9(5)16-10/h6,8H,1-5H3,(H2,12,14,15). The fourth-order valence-electron chi connectivity index (χ4n) is 1.51. The minimum absolute atomic E-state index is 0.00458. The number of hydrogen-bond acceptors (Lipinski definition) is 3. The Labute approximate surface area is 100 Å². The highest BCUT2D eigenvalue weighted by Gasteiger charge is 2.15. The van der Waals surface area contributed by atoms with Crippen molar-refractivity contribution in [3.63, 3.8) is 0 Å². The van der Waals surface area contributed by atoms with Crippen LogP contribution >= 0.6 is 11.3 Å². The molecule has 0 radical (unpaired) electrons. The van der Waals surface area contributed by atoms with Gasteiger partial charge in [-0.1, -0.05) is 0 Å². The van der Waals surface area contributed by atoms with Gasteiger partial charge in [0, 0.05) is 10.9 Å². The molecule has 0 saturated carbocycles. The summed E-state index contributed by atoms with van der Waals surface area (Å²) in [5.74, 6) is 0. The predicted molar refractivity (Wildman–Crippen MR) is 66.8 cm³/mol. The Kier molecular flexibility index (Phi) is 4.29. The first-order chi connectivity index (χ1) is 7.40. The van der Waals surface area contributed by atoms with E-state index < -0.39 is 0 Å². The van der Waals surface area contributed by atoms with Crippen LogP contribution in [0.25, 0.3) is 0 Å². The molecule has 5 heteroatoms. The predicted octanol–water partition coefficient (Wildman–Crippen LogP) is 2.53. The van der Waals surface area contributed by atoms with Gasteiger partial charge < -0.3 is 10.6 Å². The third-order valence-electron chi connectivity index (χ3n) is 2.10. The first-order valence-corrected chi connectivity index (χ1v) is 6.22. The molecule has 0 aromatic carbocycles. The Bertz CT molecular complexity index is 373. The van der Waals surface area contributed by atoms with Crippen LogP contribution in [0.5, 0.6) is 0 Å². The SMILES string of the molecule is Cc1nc(C)c(C(C)NC(=O)NC(C)C)s1. The molecule has 16 heavy (non-hydrogen) atoms. The molecule has 0 aliphatic rings. The van der Waals surface area contributed by atoms with Gasteiger partial charge in [-0.3, -0.25) is 0 Å². The van der Waals surface area contributed by atoms with Crippen molar-refractivity contribution < 1.29 is 4.79 Å². The molecule has 0 spiro atoms. The van der Waals surface area contributed by atoms with Crippen molar-refractivity contribution in [2.45, 2.75) is 46.7 Å². The number of carbonyl (C=O) groups is 1. The van der Waals surface area contributed by atoms with Crippen molar-refractivity contribution >= 4 is 17.4 Å². The van der Waals surface area contributed by atoms with E-state index >= 15 is 0 Å². The maximum Gasteiger partial charge on any atom is 0.315 e. The molecule has 0 fully saturated rings. The van der Waals surface area contributed by atoms with Crippen molar-refractivity contribution in [2.24, 2.45) is 0 Å². The van der Waals surface area contributed by atoms with E-state index in [4.69, 9.17) is 0 Å². The van der Waals surface area contributed by atoms with E-state index in [9.17, 15) is 4.79 Å². The molecule has 1 unspecified atom stereocenters. The molecular weight excluding hydrogens is 222 g/mol. The maximum absolute atomic E-state index is 11.5. The summed E-state index contributed by atoms with van der Waals surface area (Å²) in [6, 6.07) is 0.0226. The van der Waals surface area contributed by atoms with Crippen molar-refractivity contribution in [1.29, 1.82) is 0 Å². The molecule has 1 rings (SSSR count). The number of hydrogen-bond donors (Lipinski definition) is 2. The Morgan fingerprint density at radius 3 is 2.31 bits per heavy atom. The molecule has 0 aliphatic heterocycles. The first kappa shape index (κ1) is 13.0. The highest BCUT2D eigenvalue weighted by molar-refractivity contribution is 7.11. The average molecular weight is 241 g/mol. The minimum Gasteiger partial charge on any atom is -0.336 e. The highest BCUT2D eigenvalue weighted by Crippen LogP contribution is 2.24. The van der Waals surface area contributed by atoms with E-state index in [0.717, 1.165) is 15.6 Å². The van der Waals surface area contributed by atoms with Crippen LogP contribution in [-0.2, 0) is 0 Å². The fourth-order valence-corrected chi connectivity index (χ4v) is 2.44. The lowest BCUT2D eigenvalue weighted by Gasteiger charge is -2.15. The van der Waals surface area contributed by atoms with E-state index in [1.807, 2.05) is 34.6 Å². The summed E-state index contributed by atoms with van der Waals surface area (Å²) in [5, 5.41) is 6.74. The lowest BCUT2D eigenvalue weighted by Crippen LogP contribution is -2.40. The molecule has 0 saturated heterocycles. The van der Waals surface area contributed by atoms with Gasteiger partial charge in [0.1, 0.15) is 0 Å². The number of carbonyl (C=O) groups excluding carboxylic acids is 1. The lowest BCUT2D eigenvalue weighted by molar-refractivity contribution is 0.235. The quantitative estimate of drug-likeness (QED) is 0.854. The van der Waals surface area contributed by atoms with E-state index in [1.165, 1.54) is 0 Å². The van der Waals surface area contributed by atoms with E-state index in [1.54, 1.807) is 11.3 Å². The molecule has 0 aliphatic carbocycles. The summed E-state index contributed by atoms with van der Waals surface area (Å²) < 4.78 is 0. The van der Waals surface area contributed by atoms with Crippen molar-refractivity contribution in [3.8, 4) is 0 Å². The Morgan fingerprint density at radius 2 is 1.88 bits per heavy atom. The zero-order valence-corrected chi connectivity index (χ0v) is 11.2. The number of urea groups is 1. The van der Waals surface area contributed by atoms with Crippen LogP contribution in [0.1, 0.15) is 42.4 Å². The van der Waals surface area contributed by atoms with Gasteiger partial charge in [0.25, 0.3) is 0 Å². The summed E-state index contributed by atoms with van der Waals surface area (Å²) in [5.41, 5.74) is 1.000. The minimum atomic E-state index is -0.132. The van der Waals surface area contributed by atoms with Crippen LogP contribution in [0.15, 0.2) is 0 Å². The Balaban J connectivity index is 2.62. The zero-order valence-electron chi connectivity index (χ0n) is 10.4. The van der Waals surface area contributed by atoms with Crippen LogP contribution in [0.3, 0.4) is 0 Å². The molecule has 1 aromatic heterocycles. The fraction of sp³-hybridized carbons (Fsp3) is 0.636. The van der Waals surface area contributed by atoms with Gasteiger partial charge >= 0.3 is 6.03 Å². The lowest BCUT2D eigenvalue weighted by atomic mass is 10.2. The van der Waals surface area contributed by atoms with Gasteiger partial charge in [0.15, 0.2) is 0 Å². The summed E-state index contributed by atoms with van der Waals surface area (Å²) >= 11 is 1.63. The van der Waals surface area contributed by atoms with Crippen LogP contribution in [0.4, 0.5) is 4.79 Å². The number of thiazole rings is 1. The van der Waals surface area contributed by atoms with E-state index in [-0.39, 0.29) is 18.1 Å². The monoisotopic (exact) mass is 241 g/mol. The molecule has 2 amide bonds. The van der Waals surface area contributed by atoms with Crippen LogP contribution in [0.2, 0.25) is 0 Å². The zero-order chi connectivity index (χ0) is 12.3. The number of aromatic nitrogens is 1. The van der Waals surface area contributed by atoms with Crippen molar-refractivity contribution in [2.75, 3.05) is 0 Å². The van der Waals surface area contributed by atoms with Crippen molar-refractivity contribution in [1.82, 2.24) is 15.6 Å². The second-order valence-corrected chi connectivity index (χ2v) is 5.41. The smallest absolute Gasteiger partial charge is 0.315 e. The number of rotatable bonds is 3.